The summed E-state index contributed by atoms with van der Waals surface area (Å²) in [6.07, 6.45) is -0.254. The molecular formula is C18H24FN3O3. The van der Waals surface area contributed by atoms with Crippen molar-refractivity contribution in [3.8, 4) is 6.07 Å². The lowest BCUT2D eigenvalue weighted by molar-refractivity contribution is -0.139. The van der Waals surface area contributed by atoms with Crippen molar-refractivity contribution in [1.82, 2.24) is 4.90 Å². The molecule has 1 amide bonds. The van der Waals surface area contributed by atoms with Gasteiger partial charge in [0.25, 0.3) is 0 Å². The molecule has 1 fully saturated rings. The summed E-state index contributed by atoms with van der Waals surface area (Å²) < 4.78 is 24.9. The van der Waals surface area contributed by atoms with E-state index in [1.54, 1.807) is 20.2 Å². The SMILES string of the molecule is CN(C)C(=O)COC[C@H]1CN(c2ccc(F)cc2C#N)CC(C)(C)O1. The van der Waals surface area contributed by atoms with Gasteiger partial charge in [0.2, 0.25) is 5.91 Å². The maximum absolute atomic E-state index is 13.4. The van der Waals surface area contributed by atoms with Gasteiger partial charge in [-0.1, -0.05) is 0 Å². The number of morpholine rings is 1. The molecule has 0 saturated carbocycles. The Morgan fingerprint density at radius 2 is 2.24 bits per heavy atom. The van der Waals surface area contributed by atoms with Crippen LogP contribution in [-0.2, 0) is 14.3 Å². The van der Waals surface area contributed by atoms with Crippen LogP contribution in [0.5, 0.6) is 0 Å². The molecule has 136 valence electrons. The van der Waals surface area contributed by atoms with Crippen molar-refractivity contribution in [2.75, 3.05) is 45.3 Å². The number of anilines is 1. The number of nitriles is 1. The molecule has 1 aromatic carbocycles. The van der Waals surface area contributed by atoms with Gasteiger partial charge in [0.15, 0.2) is 0 Å². The molecule has 7 heteroatoms. The maximum atomic E-state index is 13.4. The van der Waals surface area contributed by atoms with Crippen molar-refractivity contribution in [1.29, 1.82) is 5.26 Å². The standard InChI is InChI=1S/C18H24FN3O3/c1-18(2)12-22(16-6-5-14(19)7-13(16)8-20)9-15(25-18)10-24-11-17(23)21(3)4/h5-7,15H,9-12H2,1-4H3/t15-/m1/s1. The van der Waals surface area contributed by atoms with Crippen LogP contribution in [0.25, 0.3) is 0 Å². The lowest BCUT2D eigenvalue weighted by atomic mass is 10.0. The van der Waals surface area contributed by atoms with E-state index >= 15 is 0 Å². The summed E-state index contributed by atoms with van der Waals surface area (Å²) >= 11 is 0. The highest BCUT2D eigenvalue weighted by atomic mass is 19.1. The van der Waals surface area contributed by atoms with Gasteiger partial charge in [-0.15, -0.1) is 0 Å². The van der Waals surface area contributed by atoms with Crippen molar-refractivity contribution in [3.63, 3.8) is 0 Å². The first kappa shape index (κ1) is 19.2. The largest absolute Gasteiger partial charge is 0.369 e. The molecule has 1 aromatic rings. The number of carbonyl (C=O) groups excluding carboxylic acids is 1. The first-order valence-corrected chi connectivity index (χ1v) is 8.12. The van der Waals surface area contributed by atoms with Crippen molar-refractivity contribution >= 4 is 11.6 Å². The van der Waals surface area contributed by atoms with Gasteiger partial charge in [0, 0.05) is 27.2 Å². The lowest BCUT2D eigenvalue weighted by Gasteiger charge is -2.44. The summed E-state index contributed by atoms with van der Waals surface area (Å²) in [6.45, 7) is 5.23. The molecule has 0 spiro atoms. The zero-order chi connectivity index (χ0) is 18.6. The molecule has 6 nitrogen and oxygen atoms in total. The first-order valence-electron chi connectivity index (χ1n) is 8.12. The fourth-order valence-corrected chi connectivity index (χ4v) is 2.85. The number of hydrogen-bond acceptors (Lipinski definition) is 5. The predicted molar refractivity (Wildman–Crippen MR) is 91.8 cm³/mol. The van der Waals surface area contributed by atoms with Crippen LogP contribution < -0.4 is 4.90 Å². The molecule has 1 atom stereocenters. The van der Waals surface area contributed by atoms with Gasteiger partial charge in [0.05, 0.1) is 29.6 Å². The molecule has 1 aliphatic rings. The number of likely N-dealkylation sites (N-methyl/N-ethyl adjacent to an activating group) is 1. The minimum Gasteiger partial charge on any atom is -0.369 e. The van der Waals surface area contributed by atoms with Crippen LogP contribution in [0.1, 0.15) is 19.4 Å². The third kappa shape index (κ3) is 5.15. The molecule has 1 saturated heterocycles. The Kier molecular flexibility index (Phi) is 5.98. The number of hydrogen-bond donors (Lipinski definition) is 0. The summed E-state index contributed by atoms with van der Waals surface area (Å²) in [4.78, 5) is 15.1. The molecule has 0 bridgehead atoms. The Morgan fingerprint density at radius 1 is 1.52 bits per heavy atom. The monoisotopic (exact) mass is 349 g/mol. The zero-order valence-corrected chi connectivity index (χ0v) is 15.1. The first-order chi connectivity index (χ1) is 11.7. The Balaban J connectivity index is 2.08. The summed E-state index contributed by atoms with van der Waals surface area (Å²) in [6, 6.07) is 6.24. The number of halogens is 1. The van der Waals surface area contributed by atoms with Crippen LogP contribution in [0.4, 0.5) is 10.1 Å². The fourth-order valence-electron chi connectivity index (χ4n) is 2.85. The number of ether oxygens (including phenoxy) is 2. The van der Waals surface area contributed by atoms with Gasteiger partial charge >= 0.3 is 0 Å². The van der Waals surface area contributed by atoms with Crippen LogP contribution in [0.2, 0.25) is 0 Å². The van der Waals surface area contributed by atoms with E-state index in [-0.39, 0.29) is 25.2 Å². The Bertz CT molecular complexity index is 670. The molecule has 0 aliphatic carbocycles. The molecule has 25 heavy (non-hydrogen) atoms. The van der Waals surface area contributed by atoms with Crippen LogP contribution >= 0.6 is 0 Å². The number of benzene rings is 1. The van der Waals surface area contributed by atoms with E-state index in [0.717, 1.165) is 0 Å². The minimum atomic E-state index is -0.459. The topological polar surface area (TPSA) is 65.8 Å². The van der Waals surface area contributed by atoms with E-state index in [2.05, 4.69) is 0 Å². The third-order valence-corrected chi connectivity index (χ3v) is 3.93. The second kappa shape index (κ2) is 7.81. The normalized spacial score (nSPS) is 19.4. The van der Waals surface area contributed by atoms with Crippen molar-refractivity contribution < 1.29 is 18.7 Å². The highest BCUT2D eigenvalue weighted by Crippen LogP contribution is 2.29. The number of nitrogens with zero attached hydrogens (tertiary/aromatic N) is 3. The number of amides is 1. The lowest BCUT2D eigenvalue weighted by Crippen LogP contribution is -2.54. The second-order valence-electron chi connectivity index (χ2n) is 6.96. The van der Waals surface area contributed by atoms with Crippen molar-refractivity contribution in [2.45, 2.75) is 25.6 Å². The molecular weight excluding hydrogens is 325 g/mol. The average Bonchev–Trinajstić information content (AvgIpc) is 2.52. The summed E-state index contributed by atoms with van der Waals surface area (Å²) in [5.41, 5.74) is 0.508. The zero-order valence-electron chi connectivity index (χ0n) is 15.1. The van der Waals surface area contributed by atoms with Gasteiger partial charge in [-0.05, 0) is 32.0 Å². The average molecular weight is 349 g/mol. The van der Waals surface area contributed by atoms with Gasteiger partial charge in [-0.2, -0.15) is 5.26 Å². The van der Waals surface area contributed by atoms with Crippen LogP contribution in [-0.4, -0.2) is 62.9 Å². The van der Waals surface area contributed by atoms with E-state index in [0.29, 0.717) is 24.3 Å². The Hall–Kier alpha value is -2.17. The van der Waals surface area contributed by atoms with Gasteiger partial charge in [0.1, 0.15) is 18.5 Å². The van der Waals surface area contributed by atoms with E-state index in [9.17, 15) is 14.4 Å². The fraction of sp³-hybridized carbons (Fsp3) is 0.556. The number of carbonyl (C=O) groups is 1. The molecule has 0 N–H and O–H groups in total. The molecule has 1 heterocycles. The number of rotatable bonds is 5. The second-order valence-corrected chi connectivity index (χ2v) is 6.96. The molecule has 0 aromatic heterocycles. The van der Waals surface area contributed by atoms with Crippen LogP contribution in [0, 0.1) is 17.1 Å². The highest BCUT2D eigenvalue weighted by molar-refractivity contribution is 5.76. The Labute approximate surface area is 147 Å². The van der Waals surface area contributed by atoms with Crippen LogP contribution in [0.3, 0.4) is 0 Å². The van der Waals surface area contributed by atoms with Crippen molar-refractivity contribution in [2.24, 2.45) is 0 Å². The van der Waals surface area contributed by atoms with E-state index < -0.39 is 11.4 Å². The quantitative estimate of drug-likeness (QED) is 0.811. The molecule has 1 aliphatic heterocycles. The van der Waals surface area contributed by atoms with Crippen molar-refractivity contribution in [3.05, 3.63) is 29.6 Å². The van der Waals surface area contributed by atoms with Crippen LogP contribution in [0.15, 0.2) is 18.2 Å². The highest BCUT2D eigenvalue weighted by Gasteiger charge is 2.34. The summed E-state index contributed by atoms with van der Waals surface area (Å²) in [5, 5.41) is 9.28. The summed E-state index contributed by atoms with van der Waals surface area (Å²) in [5.74, 6) is -0.549. The maximum Gasteiger partial charge on any atom is 0.248 e. The third-order valence-electron chi connectivity index (χ3n) is 3.93. The molecule has 2 rings (SSSR count). The van der Waals surface area contributed by atoms with E-state index in [1.165, 1.54) is 17.0 Å². The van der Waals surface area contributed by atoms with E-state index in [1.807, 2.05) is 24.8 Å². The minimum absolute atomic E-state index is 0.00666. The molecule has 0 unspecified atom stereocenters. The molecule has 0 radical (unpaired) electrons. The smallest absolute Gasteiger partial charge is 0.248 e. The Morgan fingerprint density at radius 3 is 2.88 bits per heavy atom. The predicted octanol–water partition coefficient (Wildman–Crippen LogP) is 1.79. The summed E-state index contributed by atoms with van der Waals surface area (Å²) in [7, 11) is 3.34. The van der Waals surface area contributed by atoms with Gasteiger partial charge < -0.3 is 19.3 Å². The van der Waals surface area contributed by atoms with Gasteiger partial charge in [-0.25, -0.2) is 4.39 Å². The van der Waals surface area contributed by atoms with E-state index in [4.69, 9.17) is 9.47 Å². The van der Waals surface area contributed by atoms with Gasteiger partial charge in [-0.3, -0.25) is 4.79 Å².